The first-order valence-corrected chi connectivity index (χ1v) is 12.3. The molecule has 4 N–H and O–H groups in total. The van der Waals surface area contributed by atoms with Crippen molar-refractivity contribution >= 4 is 56.0 Å². The Bertz CT molecular complexity index is 1290. The van der Waals surface area contributed by atoms with Crippen LogP contribution in [0.1, 0.15) is 44.0 Å². The van der Waals surface area contributed by atoms with Gasteiger partial charge in [-0.2, -0.15) is 0 Å². The lowest BCUT2D eigenvalue weighted by atomic mass is 10.0. The molecule has 0 saturated carbocycles. The molecule has 4 heterocycles. The summed E-state index contributed by atoms with van der Waals surface area (Å²) in [4.78, 5) is 47.5. The second-order valence-corrected chi connectivity index (χ2v) is 10.4. The Balaban J connectivity index is 1.55. The first-order chi connectivity index (χ1) is 17.1. The number of thiophene rings is 1. The number of ether oxygens (including phenoxy) is 1. The molecular weight excluding hydrogens is 484 g/mol. The van der Waals surface area contributed by atoms with Gasteiger partial charge >= 0.3 is 12.2 Å². The van der Waals surface area contributed by atoms with Crippen LogP contribution in [0.25, 0.3) is 10.2 Å². The maximum absolute atomic E-state index is 13.4. The summed E-state index contributed by atoms with van der Waals surface area (Å²) in [6.45, 7) is 6.70. The second kappa shape index (κ2) is 10.4. The third-order valence-electron chi connectivity index (χ3n) is 5.42. The summed E-state index contributed by atoms with van der Waals surface area (Å²) in [5.41, 5.74) is 1.19. The van der Waals surface area contributed by atoms with Gasteiger partial charge in [-0.05, 0) is 51.8 Å². The Morgan fingerprint density at radius 3 is 2.75 bits per heavy atom. The monoisotopic (exact) mass is 512 g/mol. The molecule has 1 fully saturated rings. The summed E-state index contributed by atoms with van der Waals surface area (Å²) in [5, 5.41) is 17.5. The van der Waals surface area contributed by atoms with E-state index in [-0.39, 0.29) is 16.6 Å². The highest BCUT2D eigenvalue weighted by molar-refractivity contribution is 7.23. The number of hydrogen-bond acceptors (Lipinski definition) is 8. The molecule has 1 saturated heterocycles. The fourth-order valence-electron chi connectivity index (χ4n) is 4.06. The standard InChI is InChI=1S/C24H28N6O5S/c1-24(2,3)35-23(34)27-14-6-5-11-30(13-14)16-8-10-25-12-15(16)28-20(31)18-19-17(7-4-9-26-19)36-21(18)29-22(32)33/h4,7-10,12,14,29H,5-6,11,13H2,1-3H3,(H,27,34)(H,28,31)(H,32,33)/t14-/m0/s1. The van der Waals surface area contributed by atoms with Crippen LogP contribution in [-0.2, 0) is 4.74 Å². The van der Waals surface area contributed by atoms with Gasteiger partial charge in [-0.25, -0.2) is 9.59 Å². The SMILES string of the molecule is CC(C)(C)OC(=O)N[C@H]1CCCN(c2ccncc2NC(=O)c2c(NC(=O)O)sc3cccnc23)C1. The lowest BCUT2D eigenvalue weighted by Gasteiger charge is -2.35. The first-order valence-electron chi connectivity index (χ1n) is 11.5. The number of anilines is 3. The van der Waals surface area contributed by atoms with Crippen molar-refractivity contribution in [2.24, 2.45) is 0 Å². The Labute approximate surface area is 211 Å². The molecular formula is C24H28N6O5S. The Morgan fingerprint density at radius 2 is 2.00 bits per heavy atom. The molecule has 12 heteroatoms. The lowest BCUT2D eigenvalue weighted by Crippen LogP contribution is -2.49. The van der Waals surface area contributed by atoms with Crippen LogP contribution in [0.4, 0.5) is 26.0 Å². The van der Waals surface area contributed by atoms with E-state index in [9.17, 15) is 19.5 Å². The zero-order valence-corrected chi connectivity index (χ0v) is 21.0. The first kappa shape index (κ1) is 25.2. The highest BCUT2D eigenvalue weighted by Gasteiger charge is 2.27. The molecule has 0 bridgehead atoms. The van der Waals surface area contributed by atoms with Crippen molar-refractivity contribution in [1.82, 2.24) is 15.3 Å². The van der Waals surface area contributed by atoms with Gasteiger partial charge in [-0.3, -0.25) is 20.1 Å². The van der Waals surface area contributed by atoms with Crippen LogP contribution < -0.4 is 20.9 Å². The summed E-state index contributed by atoms with van der Waals surface area (Å²) in [7, 11) is 0. The van der Waals surface area contributed by atoms with Crippen molar-refractivity contribution in [3.05, 3.63) is 42.4 Å². The van der Waals surface area contributed by atoms with E-state index in [1.54, 1.807) is 36.8 Å². The molecule has 0 aromatic carbocycles. The van der Waals surface area contributed by atoms with Crippen molar-refractivity contribution in [2.75, 3.05) is 28.6 Å². The molecule has 11 nitrogen and oxygen atoms in total. The summed E-state index contributed by atoms with van der Waals surface area (Å²) >= 11 is 1.14. The Morgan fingerprint density at radius 1 is 1.19 bits per heavy atom. The van der Waals surface area contributed by atoms with Gasteiger partial charge in [-0.15, -0.1) is 11.3 Å². The van der Waals surface area contributed by atoms with E-state index in [0.717, 1.165) is 36.4 Å². The van der Waals surface area contributed by atoms with Crippen LogP contribution in [0.15, 0.2) is 36.8 Å². The fraction of sp³-hybridized carbons (Fsp3) is 0.375. The van der Waals surface area contributed by atoms with E-state index >= 15 is 0 Å². The van der Waals surface area contributed by atoms with Gasteiger partial charge in [0.2, 0.25) is 0 Å². The number of fused-ring (bicyclic) bond motifs is 1. The molecule has 0 aliphatic carbocycles. The number of piperidine rings is 1. The van der Waals surface area contributed by atoms with Gasteiger partial charge in [0.1, 0.15) is 16.2 Å². The molecule has 3 aromatic heterocycles. The zero-order chi connectivity index (χ0) is 25.9. The lowest BCUT2D eigenvalue weighted by molar-refractivity contribution is 0.0499. The molecule has 4 rings (SSSR count). The molecule has 1 aliphatic heterocycles. The third kappa shape index (κ3) is 6.00. The largest absolute Gasteiger partial charge is 0.465 e. The number of amides is 3. The number of nitrogens with one attached hydrogen (secondary N) is 3. The third-order valence-corrected chi connectivity index (χ3v) is 6.48. The fourth-order valence-corrected chi connectivity index (χ4v) is 5.10. The number of carbonyl (C=O) groups excluding carboxylic acids is 2. The molecule has 0 unspecified atom stereocenters. The van der Waals surface area contributed by atoms with E-state index in [1.165, 1.54) is 0 Å². The highest BCUT2D eigenvalue weighted by atomic mass is 32.1. The Hall–Kier alpha value is -3.93. The molecule has 0 radical (unpaired) electrons. The number of pyridine rings is 2. The van der Waals surface area contributed by atoms with Crippen molar-refractivity contribution in [2.45, 2.75) is 45.3 Å². The van der Waals surface area contributed by atoms with Crippen LogP contribution >= 0.6 is 11.3 Å². The minimum Gasteiger partial charge on any atom is -0.465 e. The van der Waals surface area contributed by atoms with Gasteiger partial charge in [0.05, 0.1) is 27.8 Å². The Kier molecular flexibility index (Phi) is 7.25. The average molecular weight is 513 g/mol. The van der Waals surface area contributed by atoms with E-state index < -0.39 is 23.7 Å². The van der Waals surface area contributed by atoms with Gasteiger partial charge in [0, 0.05) is 31.5 Å². The smallest absolute Gasteiger partial charge is 0.409 e. The predicted octanol–water partition coefficient (Wildman–Crippen LogP) is 4.53. The molecule has 3 aromatic rings. The quantitative estimate of drug-likeness (QED) is 0.390. The number of nitrogens with zero attached hydrogens (tertiary/aromatic N) is 3. The molecule has 36 heavy (non-hydrogen) atoms. The summed E-state index contributed by atoms with van der Waals surface area (Å²) in [5.74, 6) is -0.501. The normalized spacial score (nSPS) is 15.9. The maximum atomic E-state index is 13.4. The highest BCUT2D eigenvalue weighted by Crippen LogP contribution is 2.36. The maximum Gasteiger partial charge on any atom is 0.409 e. The van der Waals surface area contributed by atoms with Crippen LogP contribution in [0, 0.1) is 0 Å². The van der Waals surface area contributed by atoms with Crippen LogP contribution in [0.5, 0.6) is 0 Å². The minimum atomic E-state index is -1.27. The topological polar surface area (TPSA) is 146 Å². The van der Waals surface area contributed by atoms with Crippen LogP contribution in [0.2, 0.25) is 0 Å². The molecule has 190 valence electrons. The number of rotatable bonds is 5. The van der Waals surface area contributed by atoms with Gasteiger partial charge in [0.15, 0.2) is 0 Å². The van der Waals surface area contributed by atoms with Crippen LogP contribution in [-0.4, -0.2) is 57.9 Å². The zero-order valence-electron chi connectivity index (χ0n) is 20.2. The average Bonchev–Trinajstić information content (AvgIpc) is 3.15. The van der Waals surface area contributed by atoms with Crippen LogP contribution in [0.3, 0.4) is 0 Å². The number of carboxylic acid groups (broad SMARTS) is 1. The number of carbonyl (C=O) groups is 3. The van der Waals surface area contributed by atoms with Crippen molar-refractivity contribution in [3.63, 3.8) is 0 Å². The number of hydrogen-bond donors (Lipinski definition) is 4. The van der Waals surface area contributed by atoms with Crippen molar-refractivity contribution in [3.8, 4) is 0 Å². The molecule has 1 aliphatic rings. The number of aromatic nitrogens is 2. The number of alkyl carbamates (subject to hydrolysis) is 1. The minimum absolute atomic E-state index is 0.123. The van der Waals surface area contributed by atoms with Gasteiger partial charge in [0.25, 0.3) is 5.91 Å². The second-order valence-electron chi connectivity index (χ2n) is 9.36. The van der Waals surface area contributed by atoms with Gasteiger partial charge in [-0.1, -0.05) is 0 Å². The molecule has 1 atom stereocenters. The summed E-state index contributed by atoms with van der Waals surface area (Å²) in [6.07, 6.45) is 4.64. The van der Waals surface area contributed by atoms with Crippen molar-refractivity contribution < 1.29 is 24.2 Å². The van der Waals surface area contributed by atoms with E-state index in [2.05, 4.69) is 30.8 Å². The predicted molar refractivity (Wildman–Crippen MR) is 138 cm³/mol. The van der Waals surface area contributed by atoms with E-state index in [4.69, 9.17) is 4.74 Å². The molecule has 3 amide bonds. The van der Waals surface area contributed by atoms with Gasteiger partial charge < -0.3 is 25.4 Å². The summed E-state index contributed by atoms with van der Waals surface area (Å²) in [6, 6.07) is 5.17. The van der Waals surface area contributed by atoms with Crippen molar-refractivity contribution in [1.29, 1.82) is 0 Å². The summed E-state index contributed by atoms with van der Waals surface area (Å²) < 4.78 is 6.07. The van der Waals surface area contributed by atoms with E-state index in [0.29, 0.717) is 22.4 Å². The molecule has 0 spiro atoms. The van der Waals surface area contributed by atoms with E-state index in [1.807, 2.05) is 20.8 Å².